The summed E-state index contributed by atoms with van der Waals surface area (Å²) in [7, 11) is 0. The molecule has 0 spiro atoms. The minimum absolute atomic E-state index is 0.0319. The van der Waals surface area contributed by atoms with Gasteiger partial charge in [0.05, 0.1) is 0 Å². The minimum atomic E-state index is -0.0319. The lowest BCUT2D eigenvalue weighted by Gasteiger charge is -2.22. The van der Waals surface area contributed by atoms with Gasteiger partial charge >= 0.3 is 0 Å². The highest BCUT2D eigenvalue weighted by Gasteiger charge is 2.44. The standard InChI is InChI=1S/C18H27N3O2/c22-18(21-15-10-14(15)12-4-2-1-3-5-12)16-17(23-11-20-16)13-6-8-19-9-7-13/h11-15,19H,1-10H2,(H,21,22)/t14-,15+/m0/s1. The van der Waals surface area contributed by atoms with Crippen molar-refractivity contribution in [2.24, 2.45) is 11.8 Å². The number of amides is 1. The van der Waals surface area contributed by atoms with Crippen LogP contribution in [0.2, 0.25) is 0 Å². The second kappa shape index (κ2) is 6.63. The summed E-state index contributed by atoms with van der Waals surface area (Å²) < 4.78 is 5.57. The van der Waals surface area contributed by atoms with Crippen molar-refractivity contribution >= 4 is 5.91 Å². The maximum atomic E-state index is 12.6. The van der Waals surface area contributed by atoms with E-state index in [0.29, 0.717) is 23.6 Å². The van der Waals surface area contributed by atoms with Gasteiger partial charge in [0.25, 0.3) is 5.91 Å². The average Bonchev–Trinajstić information content (AvgIpc) is 3.19. The number of rotatable bonds is 4. The van der Waals surface area contributed by atoms with Crippen LogP contribution in [0.25, 0.3) is 0 Å². The molecule has 5 heteroatoms. The zero-order valence-electron chi connectivity index (χ0n) is 13.7. The van der Waals surface area contributed by atoms with E-state index in [0.717, 1.165) is 44.0 Å². The number of carbonyl (C=O) groups is 1. The van der Waals surface area contributed by atoms with Crippen molar-refractivity contribution in [2.45, 2.75) is 63.3 Å². The van der Waals surface area contributed by atoms with Gasteiger partial charge < -0.3 is 15.1 Å². The van der Waals surface area contributed by atoms with Gasteiger partial charge in [-0.1, -0.05) is 32.1 Å². The Morgan fingerprint density at radius 3 is 2.74 bits per heavy atom. The molecule has 0 bridgehead atoms. The third-order valence-corrected chi connectivity index (χ3v) is 5.93. The summed E-state index contributed by atoms with van der Waals surface area (Å²) in [5.74, 6) is 2.62. The SMILES string of the molecule is O=C(N[C@@H]1C[C@H]1C1CCCCC1)c1ncoc1C1CCNCC1. The van der Waals surface area contributed by atoms with E-state index in [1.54, 1.807) is 0 Å². The highest BCUT2D eigenvalue weighted by Crippen LogP contribution is 2.44. The molecule has 23 heavy (non-hydrogen) atoms. The molecule has 126 valence electrons. The molecule has 0 aromatic carbocycles. The van der Waals surface area contributed by atoms with Gasteiger partial charge in [-0.3, -0.25) is 4.79 Å². The van der Waals surface area contributed by atoms with E-state index in [1.807, 2.05) is 0 Å². The molecule has 1 aromatic rings. The quantitative estimate of drug-likeness (QED) is 0.896. The second-order valence-corrected chi connectivity index (χ2v) is 7.47. The van der Waals surface area contributed by atoms with Crippen molar-refractivity contribution in [3.63, 3.8) is 0 Å². The van der Waals surface area contributed by atoms with Gasteiger partial charge in [-0.05, 0) is 44.2 Å². The van der Waals surface area contributed by atoms with Crippen LogP contribution in [-0.2, 0) is 0 Å². The number of oxazole rings is 1. The molecule has 3 aliphatic rings. The van der Waals surface area contributed by atoms with E-state index >= 15 is 0 Å². The van der Waals surface area contributed by atoms with Crippen LogP contribution in [0.1, 0.15) is 73.5 Å². The first-order valence-corrected chi connectivity index (χ1v) is 9.28. The number of carbonyl (C=O) groups excluding carboxylic acids is 1. The van der Waals surface area contributed by atoms with Crippen LogP contribution >= 0.6 is 0 Å². The van der Waals surface area contributed by atoms with E-state index in [1.165, 1.54) is 38.5 Å². The fourth-order valence-corrected chi connectivity index (χ4v) is 4.50. The maximum absolute atomic E-state index is 12.6. The van der Waals surface area contributed by atoms with E-state index < -0.39 is 0 Å². The Labute approximate surface area is 137 Å². The Morgan fingerprint density at radius 2 is 1.96 bits per heavy atom. The monoisotopic (exact) mass is 317 g/mol. The zero-order chi connectivity index (χ0) is 15.6. The lowest BCUT2D eigenvalue weighted by Crippen LogP contribution is -2.31. The van der Waals surface area contributed by atoms with Crippen molar-refractivity contribution in [2.75, 3.05) is 13.1 Å². The van der Waals surface area contributed by atoms with Gasteiger partial charge in [0.15, 0.2) is 12.1 Å². The first kappa shape index (κ1) is 15.2. The minimum Gasteiger partial charge on any atom is -0.447 e. The summed E-state index contributed by atoms with van der Waals surface area (Å²) in [6.07, 6.45) is 11.4. The van der Waals surface area contributed by atoms with Crippen molar-refractivity contribution in [1.82, 2.24) is 15.6 Å². The van der Waals surface area contributed by atoms with Crippen LogP contribution in [0.3, 0.4) is 0 Å². The molecule has 5 nitrogen and oxygen atoms in total. The Kier molecular flexibility index (Phi) is 4.38. The van der Waals surface area contributed by atoms with Crippen molar-refractivity contribution in [3.8, 4) is 0 Å². The second-order valence-electron chi connectivity index (χ2n) is 7.47. The molecule has 1 aromatic heterocycles. The molecule has 0 radical (unpaired) electrons. The normalized spacial score (nSPS) is 29.4. The molecule has 3 fully saturated rings. The Morgan fingerprint density at radius 1 is 1.17 bits per heavy atom. The van der Waals surface area contributed by atoms with Gasteiger partial charge in [0.2, 0.25) is 0 Å². The number of piperidine rings is 1. The van der Waals surface area contributed by atoms with E-state index in [9.17, 15) is 4.79 Å². The predicted molar refractivity (Wildman–Crippen MR) is 87.3 cm³/mol. The summed E-state index contributed by atoms with van der Waals surface area (Å²) >= 11 is 0. The molecule has 2 aliphatic carbocycles. The zero-order valence-corrected chi connectivity index (χ0v) is 13.7. The smallest absolute Gasteiger partial charge is 0.273 e. The van der Waals surface area contributed by atoms with E-state index in [2.05, 4.69) is 15.6 Å². The molecular formula is C18H27N3O2. The Balaban J connectivity index is 1.36. The molecule has 0 unspecified atom stereocenters. The van der Waals surface area contributed by atoms with E-state index in [-0.39, 0.29) is 5.91 Å². The van der Waals surface area contributed by atoms with Crippen LogP contribution in [0.5, 0.6) is 0 Å². The highest BCUT2D eigenvalue weighted by molar-refractivity contribution is 5.93. The van der Waals surface area contributed by atoms with Crippen molar-refractivity contribution < 1.29 is 9.21 Å². The van der Waals surface area contributed by atoms with Crippen LogP contribution in [0, 0.1) is 11.8 Å². The first-order valence-electron chi connectivity index (χ1n) is 9.28. The number of nitrogens with one attached hydrogen (secondary N) is 2. The van der Waals surface area contributed by atoms with Gasteiger partial charge in [0.1, 0.15) is 5.76 Å². The van der Waals surface area contributed by atoms with Crippen molar-refractivity contribution in [3.05, 3.63) is 17.8 Å². The van der Waals surface area contributed by atoms with Gasteiger partial charge in [-0.25, -0.2) is 4.98 Å². The molecule has 1 aliphatic heterocycles. The summed E-state index contributed by atoms with van der Waals surface area (Å²) in [4.78, 5) is 16.8. The number of aromatic nitrogens is 1. The molecule has 2 heterocycles. The predicted octanol–water partition coefficient (Wildman–Crippen LogP) is 2.84. The largest absolute Gasteiger partial charge is 0.447 e. The third-order valence-electron chi connectivity index (χ3n) is 5.93. The fourth-order valence-electron chi connectivity index (χ4n) is 4.50. The first-order chi connectivity index (χ1) is 11.3. The van der Waals surface area contributed by atoms with Crippen LogP contribution in [-0.4, -0.2) is 30.0 Å². The summed E-state index contributed by atoms with van der Waals surface area (Å²) in [6.45, 7) is 1.97. The van der Waals surface area contributed by atoms with Crippen LogP contribution in [0.15, 0.2) is 10.8 Å². The average molecular weight is 317 g/mol. The molecule has 2 atom stereocenters. The molecule has 1 amide bonds. The Hall–Kier alpha value is -1.36. The molecular weight excluding hydrogens is 290 g/mol. The molecule has 2 N–H and O–H groups in total. The third kappa shape index (κ3) is 3.30. The fraction of sp³-hybridized carbons (Fsp3) is 0.778. The summed E-state index contributed by atoms with van der Waals surface area (Å²) in [5, 5.41) is 6.55. The molecule has 4 rings (SSSR count). The van der Waals surface area contributed by atoms with Gasteiger partial charge in [-0.15, -0.1) is 0 Å². The summed E-state index contributed by atoms with van der Waals surface area (Å²) in [5.41, 5.74) is 0.520. The topological polar surface area (TPSA) is 67.2 Å². The lowest BCUT2D eigenvalue weighted by atomic mass is 9.85. The maximum Gasteiger partial charge on any atom is 0.273 e. The molecule has 1 saturated heterocycles. The molecule has 2 saturated carbocycles. The van der Waals surface area contributed by atoms with Crippen molar-refractivity contribution in [1.29, 1.82) is 0 Å². The Bertz CT molecular complexity index is 544. The van der Waals surface area contributed by atoms with Crippen LogP contribution < -0.4 is 10.6 Å². The summed E-state index contributed by atoms with van der Waals surface area (Å²) in [6, 6.07) is 0.364. The van der Waals surface area contributed by atoms with Crippen LogP contribution in [0.4, 0.5) is 0 Å². The number of hydrogen-bond acceptors (Lipinski definition) is 4. The number of hydrogen-bond donors (Lipinski definition) is 2. The lowest BCUT2D eigenvalue weighted by molar-refractivity contribution is 0.0939. The van der Waals surface area contributed by atoms with Gasteiger partial charge in [-0.2, -0.15) is 0 Å². The van der Waals surface area contributed by atoms with Gasteiger partial charge in [0, 0.05) is 12.0 Å². The highest BCUT2D eigenvalue weighted by atomic mass is 16.3. The number of nitrogens with zero attached hydrogens (tertiary/aromatic N) is 1. The van der Waals surface area contributed by atoms with E-state index in [4.69, 9.17) is 4.42 Å².